The van der Waals surface area contributed by atoms with Crippen molar-refractivity contribution in [1.82, 2.24) is 15.2 Å². The predicted molar refractivity (Wildman–Crippen MR) is 93.8 cm³/mol. The predicted octanol–water partition coefficient (Wildman–Crippen LogP) is 3.89. The lowest BCUT2D eigenvalue weighted by atomic mass is 10.1. The Morgan fingerprint density at radius 3 is 2.83 bits per heavy atom. The molecule has 1 aliphatic heterocycles. The Balaban J connectivity index is 1.96. The van der Waals surface area contributed by atoms with E-state index < -0.39 is 5.60 Å². The number of nitrogens with one attached hydrogen (secondary N) is 1. The van der Waals surface area contributed by atoms with Crippen molar-refractivity contribution in [3.63, 3.8) is 0 Å². The highest BCUT2D eigenvalue weighted by molar-refractivity contribution is 7.09. The molecule has 0 spiro atoms. The maximum atomic E-state index is 12.3. The van der Waals surface area contributed by atoms with Gasteiger partial charge in [0.1, 0.15) is 5.60 Å². The molecule has 1 fully saturated rings. The molecule has 130 valence electrons. The summed E-state index contributed by atoms with van der Waals surface area (Å²) in [6, 6.07) is 0.549. The molecule has 1 amide bonds. The second kappa shape index (κ2) is 7.62. The molecular formula is C17H29N3O2S. The van der Waals surface area contributed by atoms with Crippen molar-refractivity contribution in [3.05, 3.63) is 16.1 Å². The van der Waals surface area contributed by atoms with E-state index in [1.165, 1.54) is 4.88 Å². The maximum absolute atomic E-state index is 12.3. The van der Waals surface area contributed by atoms with Crippen molar-refractivity contribution in [1.29, 1.82) is 0 Å². The van der Waals surface area contributed by atoms with Crippen molar-refractivity contribution in [3.8, 4) is 0 Å². The molecular weight excluding hydrogens is 310 g/mol. The normalized spacial score (nSPS) is 20.9. The Bertz CT molecular complexity index is 524. The summed E-state index contributed by atoms with van der Waals surface area (Å²) in [6.07, 6.45) is 3.05. The number of rotatable bonds is 3. The number of hydrogen-bond acceptors (Lipinski definition) is 5. The van der Waals surface area contributed by atoms with Crippen LogP contribution < -0.4 is 5.32 Å². The SMILES string of the molecule is Cc1ncsc1C(C)NC1CCCCN(C(=O)OC(C)(C)C)C1. The highest BCUT2D eigenvalue weighted by atomic mass is 32.1. The summed E-state index contributed by atoms with van der Waals surface area (Å²) in [6.45, 7) is 11.4. The standard InChI is InChI=1S/C17H29N3O2S/c1-12-15(23-11-18-12)13(2)19-14-8-6-7-9-20(10-14)16(21)22-17(3,4)5/h11,13-14,19H,6-10H2,1-5H3. The molecule has 0 radical (unpaired) electrons. The minimum absolute atomic E-state index is 0.201. The summed E-state index contributed by atoms with van der Waals surface area (Å²) in [7, 11) is 0. The van der Waals surface area contributed by atoms with Gasteiger partial charge < -0.3 is 15.0 Å². The van der Waals surface area contributed by atoms with Gasteiger partial charge >= 0.3 is 6.09 Å². The largest absolute Gasteiger partial charge is 0.444 e. The van der Waals surface area contributed by atoms with Gasteiger partial charge in [-0.15, -0.1) is 11.3 Å². The first kappa shape index (κ1) is 18.2. The molecule has 2 atom stereocenters. The zero-order chi connectivity index (χ0) is 17.0. The van der Waals surface area contributed by atoms with Gasteiger partial charge in [0.2, 0.25) is 0 Å². The summed E-state index contributed by atoms with van der Waals surface area (Å²) in [5.41, 5.74) is 2.54. The van der Waals surface area contributed by atoms with Crippen molar-refractivity contribution < 1.29 is 9.53 Å². The van der Waals surface area contributed by atoms with Gasteiger partial charge in [0.25, 0.3) is 0 Å². The number of carbonyl (C=O) groups is 1. The lowest BCUT2D eigenvalue weighted by molar-refractivity contribution is 0.0242. The summed E-state index contributed by atoms with van der Waals surface area (Å²) in [5, 5.41) is 3.67. The summed E-state index contributed by atoms with van der Waals surface area (Å²) in [5.74, 6) is 0. The lowest BCUT2D eigenvalue weighted by Gasteiger charge is -2.29. The summed E-state index contributed by atoms with van der Waals surface area (Å²) in [4.78, 5) is 19.8. The molecule has 6 heteroatoms. The van der Waals surface area contributed by atoms with Gasteiger partial charge in [-0.3, -0.25) is 0 Å². The first-order valence-corrected chi connectivity index (χ1v) is 9.28. The fourth-order valence-electron chi connectivity index (χ4n) is 2.93. The average Bonchev–Trinajstić information content (AvgIpc) is 2.72. The molecule has 0 bridgehead atoms. The zero-order valence-corrected chi connectivity index (χ0v) is 15.7. The van der Waals surface area contributed by atoms with Crippen LogP contribution in [0.1, 0.15) is 63.6 Å². The number of ether oxygens (including phenoxy) is 1. The maximum Gasteiger partial charge on any atom is 0.410 e. The number of nitrogens with zero attached hydrogens (tertiary/aromatic N) is 2. The topological polar surface area (TPSA) is 54.5 Å². The van der Waals surface area contributed by atoms with Crippen LogP contribution in [0.5, 0.6) is 0 Å². The van der Waals surface area contributed by atoms with Crippen LogP contribution in [0.15, 0.2) is 5.51 Å². The van der Waals surface area contributed by atoms with Gasteiger partial charge in [0.05, 0.1) is 11.2 Å². The zero-order valence-electron chi connectivity index (χ0n) is 14.9. The van der Waals surface area contributed by atoms with Crippen LogP contribution in [-0.4, -0.2) is 40.7 Å². The monoisotopic (exact) mass is 339 g/mol. The van der Waals surface area contributed by atoms with Crippen molar-refractivity contribution >= 4 is 17.4 Å². The lowest BCUT2D eigenvalue weighted by Crippen LogP contribution is -2.45. The Hall–Kier alpha value is -1.14. The van der Waals surface area contributed by atoms with Crippen LogP contribution in [-0.2, 0) is 4.74 Å². The minimum atomic E-state index is -0.445. The Morgan fingerprint density at radius 2 is 2.22 bits per heavy atom. The van der Waals surface area contributed by atoms with Crippen molar-refractivity contribution in [2.24, 2.45) is 0 Å². The van der Waals surface area contributed by atoms with Crippen LogP contribution in [0.4, 0.5) is 4.79 Å². The quantitative estimate of drug-likeness (QED) is 0.907. The van der Waals surface area contributed by atoms with E-state index in [2.05, 4.69) is 17.2 Å². The first-order valence-electron chi connectivity index (χ1n) is 8.40. The minimum Gasteiger partial charge on any atom is -0.444 e. The van der Waals surface area contributed by atoms with E-state index in [0.717, 1.165) is 31.5 Å². The van der Waals surface area contributed by atoms with E-state index in [9.17, 15) is 4.79 Å². The number of thiazole rings is 1. The van der Waals surface area contributed by atoms with Gasteiger partial charge in [0.15, 0.2) is 0 Å². The number of likely N-dealkylation sites (tertiary alicyclic amines) is 1. The van der Waals surface area contributed by atoms with Gasteiger partial charge in [-0.2, -0.15) is 0 Å². The second-order valence-electron chi connectivity index (χ2n) is 7.31. The van der Waals surface area contributed by atoms with E-state index in [1.54, 1.807) is 11.3 Å². The van der Waals surface area contributed by atoms with Gasteiger partial charge in [-0.1, -0.05) is 6.42 Å². The van der Waals surface area contributed by atoms with E-state index in [1.807, 2.05) is 38.1 Å². The molecule has 0 saturated carbocycles. The van der Waals surface area contributed by atoms with E-state index in [0.29, 0.717) is 12.6 Å². The molecule has 0 aliphatic carbocycles. The fraction of sp³-hybridized carbons (Fsp3) is 0.765. The number of aryl methyl sites for hydroxylation is 1. The average molecular weight is 340 g/mol. The Kier molecular flexibility index (Phi) is 6.03. The second-order valence-corrected chi connectivity index (χ2v) is 8.20. The third-order valence-corrected chi connectivity index (χ3v) is 5.10. The molecule has 1 aliphatic rings. The van der Waals surface area contributed by atoms with Gasteiger partial charge in [-0.05, 0) is 47.5 Å². The van der Waals surface area contributed by atoms with Crippen LogP contribution in [0.3, 0.4) is 0 Å². The fourth-order valence-corrected chi connectivity index (χ4v) is 3.75. The molecule has 0 aromatic carbocycles. The first-order chi connectivity index (χ1) is 10.8. The molecule has 1 N–H and O–H groups in total. The molecule has 5 nitrogen and oxygen atoms in total. The highest BCUT2D eigenvalue weighted by Gasteiger charge is 2.27. The number of hydrogen-bond donors (Lipinski definition) is 1. The number of amides is 1. The van der Waals surface area contributed by atoms with Crippen molar-refractivity contribution in [2.75, 3.05) is 13.1 Å². The molecule has 1 saturated heterocycles. The van der Waals surface area contributed by atoms with E-state index in [4.69, 9.17) is 4.74 Å². The molecule has 23 heavy (non-hydrogen) atoms. The van der Waals surface area contributed by atoms with Crippen LogP contribution >= 0.6 is 11.3 Å². The number of carbonyl (C=O) groups excluding carboxylic acids is 1. The van der Waals surface area contributed by atoms with Crippen LogP contribution in [0.2, 0.25) is 0 Å². The van der Waals surface area contributed by atoms with E-state index in [-0.39, 0.29) is 12.1 Å². The van der Waals surface area contributed by atoms with Crippen LogP contribution in [0, 0.1) is 6.92 Å². The molecule has 1 aromatic rings. The summed E-state index contributed by atoms with van der Waals surface area (Å²) >= 11 is 1.69. The smallest absolute Gasteiger partial charge is 0.410 e. The van der Waals surface area contributed by atoms with Crippen molar-refractivity contribution in [2.45, 2.75) is 71.6 Å². The molecule has 2 rings (SSSR count). The molecule has 1 aromatic heterocycles. The van der Waals surface area contributed by atoms with E-state index >= 15 is 0 Å². The highest BCUT2D eigenvalue weighted by Crippen LogP contribution is 2.23. The third-order valence-electron chi connectivity index (χ3n) is 3.98. The Morgan fingerprint density at radius 1 is 1.48 bits per heavy atom. The third kappa shape index (κ3) is 5.46. The van der Waals surface area contributed by atoms with Crippen LogP contribution in [0.25, 0.3) is 0 Å². The Labute approximate surface area is 143 Å². The van der Waals surface area contributed by atoms with Gasteiger partial charge in [-0.25, -0.2) is 9.78 Å². The summed E-state index contributed by atoms with van der Waals surface area (Å²) < 4.78 is 5.53. The molecule has 2 heterocycles. The molecule has 2 unspecified atom stereocenters. The van der Waals surface area contributed by atoms with Gasteiger partial charge in [0, 0.05) is 30.1 Å². The number of aromatic nitrogens is 1.